The maximum atomic E-state index is 9.94. The number of carbonyl (C=O) groups is 1. The van der Waals surface area contributed by atoms with Crippen LogP contribution in [-0.4, -0.2) is 49.0 Å². The van der Waals surface area contributed by atoms with Gasteiger partial charge in [-0.2, -0.15) is 5.26 Å². The van der Waals surface area contributed by atoms with Crippen LogP contribution in [0, 0.1) is 0 Å². The second kappa shape index (κ2) is 7.69. The average molecular weight is 146 g/mol. The van der Waals surface area contributed by atoms with Crippen LogP contribution in [-0.2, 0) is 9.68 Å². The molecule has 0 aliphatic rings. The van der Waals surface area contributed by atoms with E-state index in [-0.39, 0.29) is 44.2 Å². The Hall–Kier alpha value is 0.690. The van der Waals surface area contributed by atoms with Crippen LogP contribution < -0.4 is 0 Å². The number of rotatable bonds is 2. The molecule has 4 heteroatoms. The minimum atomic E-state index is -0.567. The Bertz CT molecular complexity index is 64.3. The topological polar surface area (TPSA) is 46.5 Å². The van der Waals surface area contributed by atoms with E-state index in [9.17, 15) is 4.79 Å². The van der Waals surface area contributed by atoms with E-state index >= 15 is 0 Å². The Kier molecular flexibility index (Phi) is 11.0. The Morgan fingerprint density at radius 1 is 1.75 bits per heavy atom. The molecule has 0 saturated carbocycles. The summed E-state index contributed by atoms with van der Waals surface area (Å²) in [6.07, 6.45) is 0.996. The van der Waals surface area contributed by atoms with Gasteiger partial charge in [0, 0.05) is 6.42 Å². The summed E-state index contributed by atoms with van der Waals surface area (Å²) in [4.78, 5) is 13.3. The molecule has 3 nitrogen and oxygen atoms in total. The molecule has 0 rings (SSSR count). The first-order chi connectivity index (χ1) is 3.31. The molecule has 0 saturated heterocycles. The zero-order valence-electron chi connectivity index (χ0n) is 4.18. The average Bonchev–Trinajstić information content (AvgIpc) is 1.68. The van der Waals surface area contributed by atoms with Crippen molar-refractivity contribution in [2.45, 2.75) is 19.8 Å². The summed E-state index contributed by atoms with van der Waals surface area (Å²) >= 11 is 0. The van der Waals surface area contributed by atoms with Crippen LogP contribution in [0.3, 0.4) is 0 Å². The van der Waals surface area contributed by atoms with Crippen LogP contribution >= 0.6 is 0 Å². The summed E-state index contributed by atoms with van der Waals surface area (Å²) in [5.74, 6) is -0.567. The molecular weight excluding hydrogens is 136 g/mol. The van der Waals surface area contributed by atoms with E-state index in [2.05, 4.69) is 4.89 Å². The van der Waals surface area contributed by atoms with Crippen LogP contribution in [0.15, 0.2) is 0 Å². The van der Waals surface area contributed by atoms with Crippen LogP contribution in [0.2, 0.25) is 0 Å². The molecule has 0 aromatic carbocycles. The predicted molar refractivity (Wildman–Crippen MR) is 32.2 cm³/mol. The molecule has 0 aromatic heterocycles. The van der Waals surface area contributed by atoms with Gasteiger partial charge in [0.05, 0.1) is 0 Å². The van der Waals surface area contributed by atoms with E-state index < -0.39 is 5.97 Å². The van der Waals surface area contributed by atoms with Gasteiger partial charge in [0.2, 0.25) is 0 Å². The van der Waals surface area contributed by atoms with Crippen LogP contribution in [0.5, 0.6) is 0 Å². The molecule has 0 radical (unpaired) electrons. The summed E-state index contributed by atoms with van der Waals surface area (Å²) in [5, 5.41) is 7.62. The Labute approximate surface area is 77.9 Å². The standard InChI is InChI=1S/C4H8O3.Ca.2H/c1-2-3-4(5)7-6;;;/h6H,2-3H2,1H3;;;. The molecule has 0 aliphatic carbocycles. The van der Waals surface area contributed by atoms with Gasteiger partial charge in [0.1, 0.15) is 0 Å². The number of carbonyl (C=O) groups excluding carboxylic acids is 1. The van der Waals surface area contributed by atoms with Gasteiger partial charge in [-0.1, -0.05) is 6.92 Å². The molecule has 0 fully saturated rings. The quantitative estimate of drug-likeness (QED) is 0.336. The van der Waals surface area contributed by atoms with Gasteiger partial charge < -0.3 is 4.89 Å². The fraction of sp³-hybridized carbons (Fsp3) is 0.750. The molecule has 0 spiro atoms. The summed E-state index contributed by atoms with van der Waals surface area (Å²) in [7, 11) is 0. The van der Waals surface area contributed by atoms with Crippen LogP contribution in [0.4, 0.5) is 0 Å². The van der Waals surface area contributed by atoms with Gasteiger partial charge in [-0.05, 0) is 6.42 Å². The van der Waals surface area contributed by atoms with E-state index in [0.29, 0.717) is 6.42 Å². The van der Waals surface area contributed by atoms with Gasteiger partial charge >= 0.3 is 43.7 Å². The van der Waals surface area contributed by atoms with Crippen molar-refractivity contribution in [2.75, 3.05) is 0 Å². The molecule has 46 valence electrons. The monoisotopic (exact) mass is 146 g/mol. The van der Waals surface area contributed by atoms with E-state index in [4.69, 9.17) is 5.26 Å². The molecule has 8 heavy (non-hydrogen) atoms. The second-order valence-corrected chi connectivity index (χ2v) is 1.21. The van der Waals surface area contributed by atoms with E-state index in [1.807, 2.05) is 6.92 Å². The molecule has 1 N–H and O–H groups in total. The first-order valence-electron chi connectivity index (χ1n) is 2.15. The summed E-state index contributed by atoms with van der Waals surface area (Å²) in [6, 6.07) is 0. The van der Waals surface area contributed by atoms with Crippen molar-refractivity contribution in [3.8, 4) is 0 Å². The molecule has 0 aromatic rings. The van der Waals surface area contributed by atoms with Crippen molar-refractivity contribution in [3.05, 3.63) is 0 Å². The zero-order valence-corrected chi connectivity index (χ0v) is 4.18. The van der Waals surface area contributed by atoms with Crippen molar-refractivity contribution >= 4 is 43.7 Å². The van der Waals surface area contributed by atoms with Crippen molar-refractivity contribution in [1.82, 2.24) is 0 Å². The Morgan fingerprint density at radius 2 is 2.25 bits per heavy atom. The summed E-state index contributed by atoms with van der Waals surface area (Å²) < 4.78 is 0. The fourth-order valence-corrected chi connectivity index (χ4v) is 0.250. The number of hydrogen-bond donors (Lipinski definition) is 1. The fourth-order valence-electron chi connectivity index (χ4n) is 0.250. The van der Waals surface area contributed by atoms with E-state index in [1.54, 1.807) is 0 Å². The van der Waals surface area contributed by atoms with Gasteiger partial charge in [0.25, 0.3) is 0 Å². The summed E-state index contributed by atoms with van der Waals surface area (Å²) in [5.41, 5.74) is 0. The van der Waals surface area contributed by atoms with E-state index in [0.717, 1.165) is 0 Å². The van der Waals surface area contributed by atoms with Gasteiger partial charge in [-0.25, -0.2) is 4.79 Å². The first kappa shape index (κ1) is 11.5. The zero-order chi connectivity index (χ0) is 5.70. The van der Waals surface area contributed by atoms with Gasteiger partial charge in [-0.15, -0.1) is 0 Å². The molecule has 0 aliphatic heterocycles. The van der Waals surface area contributed by atoms with Gasteiger partial charge in [0.15, 0.2) is 0 Å². The molecule has 0 bridgehead atoms. The number of hydrogen-bond acceptors (Lipinski definition) is 3. The third kappa shape index (κ3) is 6.69. The maximum absolute atomic E-state index is 9.94. The molecule has 0 unspecified atom stereocenters. The van der Waals surface area contributed by atoms with Crippen LogP contribution in [0.25, 0.3) is 0 Å². The molecular formula is C4H10CaO3. The predicted octanol–water partition coefficient (Wildman–Crippen LogP) is -0.114. The van der Waals surface area contributed by atoms with Crippen molar-refractivity contribution in [3.63, 3.8) is 0 Å². The molecule has 0 amide bonds. The molecule has 0 atom stereocenters. The molecule has 0 heterocycles. The Morgan fingerprint density at radius 3 is 2.38 bits per heavy atom. The van der Waals surface area contributed by atoms with Crippen LogP contribution in [0.1, 0.15) is 19.8 Å². The third-order valence-electron chi connectivity index (χ3n) is 0.556. The minimum absolute atomic E-state index is 0. The van der Waals surface area contributed by atoms with Crippen molar-refractivity contribution in [2.24, 2.45) is 0 Å². The first-order valence-corrected chi connectivity index (χ1v) is 2.15. The van der Waals surface area contributed by atoms with Gasteiger partial charge in [-0.3, -0.25) is 0 Å². The normalized spacial score (nSPS) is 7.25. The third-order valence-corrected chi connectivity index (χ3v) is 0.556. The second-order valence-electron chi connectivity index (χ2n) is 1.21. The van der Waals surface area contributed by atoms with Crippen molar-refractivity contribution in [1.29, 1.82) is 0 Å². The Balaban J connectivity index is 0. The SMILES string of the molecule is CCCC(=O)OO.[CaH2]. The van der Waals surface area contributed by atoms with Crippen molar-refractivity contribution < 1.29 is 14.9 Å². The van der Waals surface area contributed by atoms with E-state index in [1.165, 1.54) is 0 Å². The summed E-state index contributed by atoms with van der Waals surface area (Å²) in [6.45, 7) is 1.83.